The lowest BCUT2D eigenvalue weighted by atomic mass is 10.0. The molecule has 0 radical (unpaired) electrons. The Kier molecular flexibility index (Phi) is 55.5. The lowest BCUT2D eigenvalue weighted by Gasteiger charge is -2.20. The molecule has 3 N–H and O–H groups in total. The molecular formula is C61H117NO5. The van der Waals surface area contributed by atoms with E-state index in [4.69, 9.17) is 4.74 Å². The van der Waals surface area contributed by atoms with Crippen molar-refractivity contribution >= 4 is 11.9 Å². The van der Waals surface area contributed by atoms with Crippen molar-refractivity contribution in [1.82, 2.24) is 5.32 Å². The van der Waals surface area contributed by atoms with Gasteiger partial charge in [0, 0.05) is 12.8 Å². The summed E-state index contributed by atoms with van der Waals surface area (Å²) < 4.78 is 5.48. The second-order valence-corrected chi connectivity index (χ2v) is 20.7. The predicted octanol–water partition coefficient (Wildman–Crippen LogP) is 18.6. The smallest absolute Gasteiger partial charge is 0.305 e. The number of hydrogen-bond acceptors (Lipinski definition) is 5. The number of esters is 1. The summed E-state index contributed by atoms with van der Waals surface area (Å²) in [5.74, 6) is -0.0594. The number of amides is 1. The minimum Gasteiger partial charge on any atom is -0.466 e. The normalized spacial score (nSPS) is 12.7. The highest BCUT2D eigenvalue weighted by Gasteiger charge is 2.18. The van der Waals surface area contributed by atoms with E-state index in [0.29, 0.717) is 19.4 Å². The molecule has 0 rings (SSSR count). The van der Waals surface area contributed by atoms with Crippen LogP contribution in [0, 0.1) is 0 Å². The van der Waals surface area contributed by atoms with Gasteiger partial charge >= 0.3 is 5.97 Å². The van der Waals surface area contributed by atoms with E-state index in [1.54, 1.807) is 6.08 Å². The standard InChI is InChI=1S/C61H117NO5/c1-3-5-7-9-11-13-15-16-28-32-35-39-43-47-51-55-61(66)67-56-52-48-44-40-36-33-30-27-25-23-21-19-17-18-20-22-24-26-29-31-34-38-42-46-50-54-60(65)62-58(57-63)59(64)53-49-45-41-37-14-12-10-8-6-4-2/h16,28,49,53,58-59,63-64H,3-15,17-27,29-48,50-52,54-57H2,1-2H3,(H,62,65)/b28-16-,53-49+. The molecule has 0 aliphatic rings. The number of carbonyl (C=O) groups is 2. The summed E-state index contributed by atoms with van der Waals surface area (Å²) in [6, 6.07) is -0.624. The van der Waals surface area contributed by atoms with Crippen LogP contribution in [0.5, 0.6) is 0 Å². The van der Waals surface area contributed by atoms with Crippen LogP contribution in [0.3, 0.4) is 0 Å². The number of allylic oxidation sites excluding steroid dienone is 3. The SMILES string of the molecule is CCCCCCCC/C=C\CCCCCCCC(=O)OCCCCCCCCCCCCCCCCCCCCCCCCCCCC(=O)NC(CO)C(O)/C=C/CCCCCCCCCC. The van der Waals surface area contributed by atoms with Crippen LogP contribution in [-0.4, -0.2) is 47.4 Å². The average molecular weight is 945 g/mol. The third kappa shape index (κ3) is 53.5. The minimum atomic E-state index is -0.841. The molecule has 0 bridgehead atoms. The van der Waals surface area contributed by atoms with Gasteiger partial charge in [-0.1, -0.05) is 282 Å². The van der Waals surface area contributed by atoms with Gasteiger partial charge in [0.05, 0.1) is 25.4 Å². The molecule has 0 aromatic rings. The van der Waals surface area contributed by atoms with Gasteiger partial charge in [-0.15, -0.1) is 0 Å². The van der Waals surface area contributed by atoms with Gasteiger partial charge in [-0.3, -0.25) is 9.59 Å². The Morgan fingerprint density at radius 3 is 1.06 bits per heavy atom. The van der Waals surface area contributed by atoms with E-state index >= 15 is 0 Å². The number of unbranched alkanes of at least 4 members (excludes halogenated alkanes) is 43. The monoisotopic (exact) mass is 944 g/mol. The zero-order chi connectivity index (χ0) is 48.6. The van der Waals surface area contributed by atoms with Crippen LogP contribution in [0.2, 0.25) is 0 Å². The molecule has 0 aromatic carbocycles. The van der Waals surface area contributed by atoms with Crippen LogP contribution >= 0.6 is 0 Å². The van der Waals surface area contributed by atoms with Gasteiger partial charge in [0.1, 0.15) is 0 Å². The molecule has 1 amide bonds. The Bertz CT molecular complexity index is 1040. The summed E-state index contributed by atoms with van der Waals surface area (Å²) in [5, 5.41) is 23.0. The third-order valence-electron chi connectivity index (χ3n) is 14.0. The molecule has 0 aromatic heterocycles. The molecule has 6 nitrogen and oxygen atoms in total. The zero-order valence-electron chi connectivity index (χ0n) is 45.1. The van der Waals surface area contributed by atoms with Gasteiger partial charge < -0.3 is 20.3 Å². The number of hydrogen-bond donors (Lipinski definition) is 3. The molecule has 6 heteroatoms. The summed E-state index contributed by atoms with van der Waals surface area (Å²) in [4.78, 5) is 24.5. The van der Waals surface area contributed by atoms with Gasteiger partial charge in [0.25, 0.3) is 0 Å². The first-order valence-electron chi connectivity index (χ1n) is 30.1. The average Bonchev–Trinajstić information content (AvgIpc) is 3.33. The van der Waals surface area contributed by atoms with E-state index in [0.717, 1.165) is 44.9 Å². The van der Waals surface area contributed by atoms with Crippen molar-refractivity contribution in [2.24, 2.45) is 0 Å². The summed E-state index contributed by atoms with van der Waals surface area (Å²) >= 11 is 0. The lowest BCUT2D eigenvalue weighted by Crippen LogP contribution is -2.45. The predicted molar refractivity (Wildman–Crippen MR) is 292 cm³/mol. The topological polar surface area (TPSA) is 95.9 Å². The molecule has 67 heavy (non-hydrogen) atoms. The number of ether oxygens (including phenoxy) is 1. The van der Waals surface area contributed by atoms with E-state index < -0.39 is 12.1 Å². The van der Waals surface area contributed by atoms with Crippen molar-refractivity contribution in [3.05, 3.63) is 24.3 Å². The third-order valence-corrected chi connectivity index (χ3v) is 14.0. The van der Waals surface area contributed by atoms with Crippen LogP contribution in [-0.2, 0) is 14.3 Å². The van der Waals surface area contributed by atoms with Gasteiger partial charge in [0.15, 0.2) is 0 Å². The summed E-state index contributed by atoms with van der Waals surface area (Å²) in [6.45, 7) is 4.89. The highest BCUT2D eigenvalue weighted by atomic mass is 16.5. The first-order chi connectivity index (χ1) is 33.0. The lowest BCUT2D eigenvalue weighted by molar-refractivity contribution is -0.143. The molecule has 0 fully saturated rings. The van der Waals surface area contributed by atoms with Crippen molar-refractivity contribution in [2.45, 2.75) is 341 Å². The van der Waals surface area contributed by atoms with Crippen molar-refractivity contribution in [3.63, 3.8) is 0 Å². The van der Waals surface area contributed by atoms with Crippen LogP contribution in [0.15, 0.2) is 24.3 Å². The van der Waals surface area contributed by atoms with Gasteiger partial charge in [-0.05, 0) is 57.8 Å². The molecule has 2 atom stereocenters. The minimum absolute atomic E-state index is 0.00803. The summed E-state index contributed by atoms with van der Waals surface area (Å²) in [6.07, 6.45) is 69.4. The molecule has 0 aliphatic heterocycles. The fourth-order valence-corrected chi connectivity index (χ4v) is 9.34. The largest absolute Gasteiger partial charge is 0.466 e. The molecule has 0 saturated heterocycles. The highest BCUT2D eigenvalue weighted by Crippen LogP contribution is 2.17. The fourth-order valence-electron chi connectivity index (χ4n) is 9.34. The zero-order valence-corrected chi connectivity index (χ0v) is 45.1. The molecule has 0 heterocycles. The molecule has 2 unspecified atom stereocenters. The highest BCUT2D eigenvalue weighted by molar-refractivity contribution is 5.76. The Labute approximate surface area is 418 Å². The van der Waals surface area contributed by atoms with Crippen molar-refractivity contribution in [1.29, 1.82) is 0 Å². The van der Waals surface area contributed by atoms with E-state index in [1.165, 1.54) is 257 Å². The Balaban J connectivity index is 3.34. The van der Waals surface area contributed by atoms with Crippen molar-refractivity contribution in [2.75, 3.05) is 13.2 Å². The number of rotatable bonds is 56. The van der Waals surface area contributed by atoms with Gasteiger partial charge in [-0.2, -0.15) is 0 Å². The maximum Gasteiger partial charge on any atom is 0.305 e. The van der Waals surface area contributed by atoms with Crippen LogP contribution in [0.25, 0.3) is 0 Å². The van der Waals surface area contributed by atoms with E-state index in [9.17, 15) is 19.8 Å². The van der Waals surface area contributed by atoms with E-state index in [2.05, 4.69) is 31.3 Å². The van der Waals surface area contributed by atoms with Crippen molar-refractivity contribution < 1.29 is 24.5 Å². The van der Waals surface area contributed by atoms with Crippen molar-refractivity contribution in [3.8, 4) is 0 Å². The van der Waals surface area contributed by atoms with E-state index in [-0.39, 0.29) is 18.5 Å². The number of nitrogens with one attached hydrogen (secondary N) is 1. The maximum atomic E-state index is 12.4. The second kappa shape index (κ2) is 56.9. The number of aliphatic hydroxyl groups is 2. The number of carbonyl (C=O) groups excluding carboxylic acids is 2. The van der Waals surface area contributed by atoms with Crippen LogP contribution in [0.4, 0.5) is 0 Å². The Morgan fingerprint density at radius 1 is 0.403 bits per heavy atom. The van der Waals surface area contributed by atoms with Gasteiger partial charge in [0.2, 0.25) is 5.91 Å². The fraction of sp³-hybridized carbons (Fsp3) is 0.902. The quantitative estimate of drug-likeness (QED) is 0.0321. The first-order valence-corrected chi connectivity index (χ1v) is 30.1. The number of aliphatic hydroxyl groups excluding tert-OH is 2. The molecule has 0 spiro atoms. The summed E-state index contributed by atoms with van der Waals surface area (Å²) in [5.41, 5.74) is 0. The second-order valence-electron chi connectivity index (χ2n) is 20.7. The molecular weight excluding hydrogens is 827 g/mol. The maximum absolute atomic E-state index is 12.4. The Hall–Kier alpha value is -1.66. The van der Waals surface area contributed by atoms with Crippen LogP contribution < -0.4 is 5.32 Å². The van der Waals surface area contributed by atoms with Gasteiger partial charge in [-0.25, -0.2) is 0 Å². The molecule has 396 valence electrons. The Morgan fingerprint density at radius 2 is 0.701 bits per heavy atom. The molecule has 0 aliphatic carbocycles. The summed E-state index contributed by atoms with van der Waals surface area (Å²) in [7, 11) is 0. The van der Waals surface area contributed by atoms with E-state index in [1.807, 2.05) is 6.08 Å². The molecule has 0 saturated carbocycles. The first kappa shape index (κ1) is 65.3. The van der Waals surface area contributed by atoms with Crippen LogP contribution in [0.1, 0.15) is 328 Å².